The molecule has 1 fully saturated rings. The van der Waals surface area contributed by atoms with Crippen LogP contribution in [0.2, 0.25) is 0 Å². The Hall–Kier alpha value is -1.75. The van der Waals surface area contributed by atoms with Gasteiger partial charge in [0, 0.05) is 13.0 Å². The van der Waals surface area contributed by atoms with Crippen LogP contribution in [-0.2, 0) is 6.42 Å². The van der Waals surface area contributed by atoms with Crippen LogP contribution >= 0.6 is 0 Å². The van der Waals surface area contributed by atoms with Crippen LogP contribution in [0.15, 0.2) is 30.3 Å². The van der Waals surface area contributed by atoms with E-state index in [4.69, 9.17) is 0 Å². The molecule has 0 bridgehead atoms. The smallest absolute Gasteiger partial charge is 0.157 e. The zero-order chi connectivity index (χ0) is 12.4. The number of benzene rings is 1. The van der Waals surface area contributed by atoms with Crippen LogP contribution in [0.4, 0.5) is 0 Å². The SMILES string of the molecule is CNCC1(Cc2nnnn2-c2ccccc2)CC1. The summed E-state index contributed by atoms with van der Waals surface area (Å²) in [6, 6.07) is 10.1. The molecule has 94 valence electrons. The van der Waals surface area contributed by atoms with Crippen molar-refractivity contribution in [2.75, 3.05) is 13.6 Å². The van der Waals surface area contributed by atoms with E-state index in [9.17, 15) is 0 Å². The second-order valence-electron chi connectivity index (χ2n) is 5.05. The van der Waals surface area contributed by atoms with Gasteiger partial charge in [-0.2, -0.15) is 4.68 Å². The van der Waals surface area contributed by atoms with Crippen molar-refractivity contribution in [1.29, 1.82) is 0 Å². The van der Waals surface area contributed by atoms with E-state index in [0.717, 1.165) is 24.5 Å². The van der Waals surface area contributed by atoms with Gasteiger partial charge in [-0.1, -0.05) is 18.2 Å². The summed E-state index contributed by atoms with van der Waals surface area (Å²) in [5.74, 6) is 0.953. The molecule has 5 nitrogen and oxygen atoms in total. The lowest BCUT2D eigenvalue weighted by Gasteiger charge is -2.13. The number of aromatic nitrogens is 4. The van der Waals surface area contributed by atoms with Gasteiger partial charge in [0.25, 0.3) is 0 Å². The molecule has 1 N–H and O–H groups in total. The first-order chi connectivity index (χ1) is 8.83. The summed E-state index contributed by atoms with van der Waals surface area (Å²) in [6.45, 7) is 1.04. The van der Waals surface area contributed by atoms with E-state index in [1.165, 1.54) is 12.8 Å². The fraction of sp³-hybridized carbons (Fsp3) is 0.462. The van der Waals surface area contributed by atoms with Crippen molar-refractivity contribution in [1.82, 2.24) is 25.5 Å². The topological polar surface area (TPSA) is 55.6 Å². The Bertz CT molecular complexity index is 515. The molecule has 0 amide bonds. The largest absolute Gasteiger partial charge is 0.319 e. The lowest BCUT2D eigenvalue weighted by molar-refractivity contribution is 0.461. The second-order valence-corrected chi connectivity index (χ2v) is 5.05. The Morgan fingerprint density at radius 2 is 2.06 bits per heavy atom. The van der Waals surface area contributed by atoms with Crippen LogP contribution in [0, 0.1) is 5.41 Å². The molecule has 1 saturated carbocycles. The van der Waals surface area contributed by atoms with Gasteiger partial charge in [-0.05, 0) is 47.9 Å². The Kier molecular flexibility index (Phi) is 2.83. The van der Waals surface area contributed by atoms with E-state index in [1.54, 1.807) is 0 Å². The molecule has 5 heteroatoms. The van der Waals surface area contributed by atoms with Crippen molar-refractivity contribution in [3.8, 4) is 5.69 Å². The van der Waals surface area contributed by atoms with Crippen molar-refractivity contribution in [2.45, 2.75) is 19.3 Å². The minimum atomic E-state index is 0.371. The zero-order valence-corrected chi connectivity index (χ0v) is 10.5. The first-order valence-electron chi connectivity index (χ1n) is 6.30. The first kappa shape index (κ1) is 11.3. The minimum Gasteiger partial charge on any atom is -0.319 e. The standard InChI is InChI=1S/C13H17N5/c1-14-10-13(7-8-13)9-12-15-16-17-18(12)11-5-3-2-4-6-11/h2-6,14H,7-10H2,1H3. The molecular weight excluding hydrogens is 226 g/mol. The Labute approximate surface area is 106 Å². The number of nitrogens with one attached hydrogen (secondary N) is 1. The first-order valence-corrected chi connectivity index (χ1v) is 6.30. The van der Waals surface area contributed by atoms with Gasteiger partial charge in [0.05, 0.1) is 5.69 Å². The van der Waals surface area contributed by atoms with Gasteiger partial charge in [0.1, 0.15) is 0 Å². The fourth-order valence-corrected chi connectivity index (χ4v) is 2.39. The van der Waals surface area contributed by atoms with E-state index in [0.29, 0.717) is 5.41 Å². The normalized spacial score (nSPS) is 16.7. The molecule has 18 heavy (non-hydrogen) atoms. The zero-order valence-electron chi connectivity index (χ0n) is 10.5. The molecule has 1 aromatic carbocycles. The summed E-state index contributed by atoms with van der Waals surface area (Å²) >= 11 is 0. The Balaban J connectivity index is 1.84. The molecule has 0 spiro atoms. The van der Waals surface area contributed by atoms with Crippen molar-refractivity contribution in [3.63, 3.8) is 0 Å². The number of para-hydroxylation sites is 1. The molecule has 1 aromatic heterocycles. The quantitative estimate of drug-likeness (QED) is 0.857. The minimum absolute atomic E-state index is 0.371. The maximum atomic E-state index is 4.17. The van der Waals surface area contributed by atoms with Crippen LogP contribution < -0.4 is 5.32 Å². The van der Waals surface area contributed by atoms with E-state index >= 15 is 0 Å². The van der Waals surface area contributed by atoms with Gasteiger partial charge in [-0.3, -0.25) is 0 Å². The lowest BCUT2D eigenvalue weighted by atomic mass is 10.0. The maximum absolute atomic E-state index is 4.17. The van der Waals surface area contributed by atoms with Crippen molar-refractivity contribution >= 4 is 0 Å². The highest BCUT2D eigenvalue weighted by Gasteiger charge is 2.43. The van der Waals surface area contributed by atoms with E-state index < -0.39 is 0 Å². The molecule has 0 unspecified atom stereocenters. The summed E-state index contributed by atoms with van der Waals surface area (Å²) in [5, 5.41) is 15.3. The molecule has 1 heterocycles. The molecule has 0 aliphatic heterocycles. The summed E-state index contributed by atoms with van der Waals surface area (Å²) in [4.78, 5) is 0. The molecule has 0 radical (unpaired) electrons. The molecule has 1 aliphatic rings. The number of rotatable bonds is 5. The van der Waals surface area contributed by atoms with Gasteiger partial charge >= 0.3 is 0 Å². The van der Waals surface area contributed by atoms with Crippen LogP contribution in [0.5, 0.6) is 0 Å². The van der Waals surface area contributed by atoms with E-state index in [2.05, 4.69) is 20.8 Å². The fourth-order valence-electron chi connectivity index (χ4n) is 2.39. The Morgan fingerprint density at radius 1 is 1.28 bits per heavy atom. The predicted molar refractivity (Wildman–Crippen MR) is 68.5 cm³/mol. The molecule has 1 aliphatic carbocycles. The average Bonchev–Trinajstić information content (AvgIpc) is 3.00. The van der Waals surface area contributed by atoms with E-state index in [-0.39, 0.29) is 0 Å². The van der Waals surface area contributed by atoms with E-state index in [1.807, 2.05) is 42.1 Å². The third-order valence-corrected chi connectivity index (χ3v) is 3.58. The van der Waals surface area contributed by atoms with Crippen molar-refractivity contribution in [2.24, 2.45) is 5.41 Å². The number of hydrogen-bond acceptors (Lipinski definition) is 4. The highest BCUT2D eigenvalue weighted by atomic mass is 15.5. The third-order valence-electron chi connectivity index (χ3n) is 3.58. The van der Waals surface area contributed by atoms with Crippen LogP contribution in [-0.4, -0.2) is 33.8 Å². The number of hydrogen-bond donors (Lipinski definition) is 1. The predicted octanol–water partition coefficient (Wildman–Crippen LogP) is 1.20. The van der Waals surface area contributed by atoms with Crippen molar-refractivity contribution in [3.05, 3.63) is 36.2 Å². The van der Waals surface area contributed by atoms with Crippen molar-refractivity contribution < 1.29 is 0 Å². The summed E-state index contributed by atoms with van der Waals surface area (Å²) < 4.78 is 1.84. The number of tetrazole rings is 1. The second kappa shape index (κ2) is 4.49. The summed E-state index contributed by atoms with van der Waals surface area (Å²) in [7, 11) is 2.00. The highest BCUT2D eigenvalue weighted by Crippen LogP contribution is 2.47. The molecular formula is C13H17N5. The van der Waals surface area contributed by atoms with Crippen LogP contribution in [0.1, 0.15) is 18.7 Å². The number of nitrogens with zero attached hydrogens (tertiary/aromatic N) is 4. The highest BCUT2D eigenvalue weighted by molar-refractivity contribution is 5.30. The third kappa shape index (κ3) is 2.13. The summed E-state index contributed by atoms with van der Waals surface area (Å²) in [6.07, 6.45) is 3.46. The molecule has 2 aromatic rings. The molecule has 3 rings (SSSR count). The maximum Gasteiger partial charge on any atom is 0.157 e. The molecule has 0 saturated heterocycles. The van der Waals surface area contributed by atoms with Crippen LogP contribution in [0.3, 0.4) is 0 Å². The van der Waals surface area contributed by atoms with Gasteiger partial charge in [-0.25, -0.2) is 0 Å². The monoisotopic (exact) mass is 243 g/mol. The Morgan fingerprint density at radius 3 is 2.72 bits per heavy atom. The average molecular weight is 243 g/mol. The van der Waals surface area contributed by atoms with Gasteiger partial charge in [-0.15, -0.1) is 5.10 Å². The summed E-state index contributed by atoms with van der Waals surface area (Å²) in [5.41, 5.74) is 1.40. The van der Waals surface area contributed by atoms with Gasteiger partial charge in [0.15, 0.2) is 5.82 Å². The van der Waals surface area contributed by atoms with Gasteiger partial charge in [0.2, 0.25) is 0 Å². The van der Waals surface area contributed by atoms with Crippen LogP contribution in [0.25, 0.3) is 5.69 Å². The molecule has 0 atom stereocenters. The lowest BCUT2D eigenvalue weighted by Crippen LogP contribution is -2.23. The van der Waals surface area contributed by atoms with Gasteiger partial charge < -0.3 is 5.32 Å².